The zero-order valence-electron chi connectivity index (χ0n) is 9.80. The number of hydrogen-bond donors (Lipinski definition) is 2. The van der Waals surface area contributed by atoms with Crippen molar-refractivity contribution < 1.29 is 0 Å². The molecule has 0 radical (unpaired) electrons. The van der Waals surface area contributed by atoms with Gasteiger partial charge in [0.15, 0.2) is 0 Å². The molecule has 0 amide bonds. The molecule has 1 aromatic heterocycles. The molecule has 1 aromatic rings. The van der Waals surface area contributed by atoms with Gasteiger partial charge in [-0.3, -0.25) is 4.68 Å². The van der Waals surface area contributed by atoms with E-state index in [2.05, 4.69) is 29.6 Å². The van der Waals surface area contributed by atoms with E-state index in [1.807, 2.05) is 11.7 Å². The van der Waals surface area contributed by atoms with Crippen molar-refractivity contribution in [3.05, 3.63) is 11.4 Å². The summed E-state index contributed by atoms with van der Waals surface area (Å²) < 4.78 is 1.93. The smallest absolute Gasteiger partial charge is 0.0827 e. The van der Waals surface area contributed by atoms with Gasteiger partial charge in [0.2, 0.25) is 0 Å². The Balaban J connectivity index is 1.97. The topological polar surface area (TPSA) is 41.9 Å². The fourth-order valence-corrected chi connectivity index (χ4v) is 2.19. The van der Waals surface area contributed by atoms with Gasteiger partial charge < -0.3 is 10.6 Å². The summed E-state index contributed by atoms with van der Waals surface area (Å²) in [7, 11) is 1.99. The maximum Gasteiger partial charge on any atom is 0.0827 e. The summed E-state index contributed by atoms with van der Waals surface area (Å²) in [4.78, 5) is 0. The summed E-state index contributed by atoms with van der Waals surface area (Å²) in [6.45, 7) is 6.33. The highest BCUT2D eigenvalue weighted by molar-refractivity contribution is 5.52. The van der Waals surface area contributed by atoms with Crippen LogP contribution in [0, 0.1) is 13.8 Å². The van der Waals surface area contributed by atoms with E-state index < -0.39 is 0 Å². The largest absolute Gasteiger partial charge is 0.381 e. The number of hydrogen-bond acceptors (Lipinski definition) is 3. The van der Waals surface area contributed by atoms with Crippen LogP contribution < -0.4 is 10.6 Å². The first-order valence-electron chi connectivity index (χ1n) is 5.66. The lowest BCUT2D eigenvalue weighted by Crippen LogP contribution is -2.29. The normalized spacial score (nSPS) is 20.9. The first-order valence-corrected chi connectivity index (χ1v) is 5.66. The number of aryl methyl sites for hydroxylation is 2. The fourth-order valence-electron chi connectivity index (χ4n) is 2.19. The average Bonchev–Trinajstić information content (AvgIpc) is 2.76. The van der Waals surface area contributed by atoms with E-state index in [1.165, 1.54) is 24.2 Å². The molecule has 1 atom stereocenters. The van der Waals surface area contributed by atoms with Crippen LogP contribution in [-0.2, 0) is 7.05 Å². The van der Waals surface area contributed by atoms with E-state index in [9.17, 15) is 0 Å². The molecule has 2 heterocycles. The Labute approximate surface area is 91.1 Å². The second-order valence-corrected chi connectivity index (χ2v) is 4.34. The molecular weight excluding hydrogens is 188 g/mol. The van der Waals surface area contributed by atoms with Crippen molar-refractivity contribution in [2.45, 2.75) is 32.7 Å². The SMILES string of the molecule is Cc1nn(C)c(C)c1NCC1CCCN1. The predicted octanol–water partition coefficient (Wildman–Crippen LogP) is 1.20. The Morgan fingerprint density at radius 1 is 1.53 bits per heavy atom. The van der Waals surface area contributed by atoms with Crippen LogP contribution in [0.15, 0.2) is 0 Å². The summed E-state index contributed by atoms with van der Waals surface area (Å²) >= 11 is 0. The Kier molecular flexibility index (Phi) is 2.95. The maximum atomic E-state index is 4.39. The standard InChI is InChI=1S/C11H20N4/c1-8-11(9(2)15(3)14-8)13-7-10-5-4-6-12-10/h10,12-13H,4-7H2,1-3H3. The van der Waals surface area contributed by atoms with Crippen molar-refractivity contribution in [3.8, 4) is 0 Å². The van der Waals surface area contributed by atoms with Crippen LogP contribution in [0.2, 0.25) is 0 Å². The van der Waals surface area contributed by atoms with Gasteiger partial charge in [-0.05, 0) is 33.2 Å². The molecular formula is C11H20N4. The van der Waals surface area contributed by atoms with Crippen molar-refractivity contribution in [3.63, 3.8) is 0 Å². The van der Waals surface area contributed by atoms with Gasteiger partial charge in [0.05, 0.1) is 17.1 Å². The van der Waals surface area contributed by atoms with Crippen LogP contribution in [0.5, 0.6) is 0 Å². The van der Waals surface area contributed by atoms with Crippen LogP contribution in [0.4, 0.5) is 5.69 Å². The highest BCUT2D eigenvalue weighted by Gasteiger charge is 2.15. The lowest BCUT2D eigenvalue weighted by atomic mass is 10.2. The van der Waals surface area contributed by atoms with E-state index in [0.29, 0.717) is 6.04 Å². The average molecular weight is 208 g/mol. The highest BCUT2D eigenvalue weighted by Crippen LogP contribution is 2.18. The number of rotatable bonds is 3. The Hall–Kier alpha value is -1.03. The third kappa shape index (κ3) is 2.15. The molecule has 4 nitrogen and oxygen atoms in total. The van der Waals surface area contributed by atoms with E-state index >= 15 is 0 Å². The number of nitrogens with one attached hydrogen (secondary N) is 2. The zero-order chi connectivity index (χ0) is 10.8. The first kappa shape index (κ1) is 10.5. The van der Waals surface area contributed by atoms with Gasteiger partial charge in [0.1, 0.15) is 0 Å². The van der Waals surface area contributed by atoms with E-state index in [0.717, 1.165) is 18.8 Å². The lowest BCUT2D eigenvalue weighted by molar-refractivity contribution is 0.633. The molecule has 4 heteroatoms. The molecule has 0 bridgehead atoms. The van der Waals surface area contributed by atoms with Crippen molar-refractivity contribution >= 4 is 5.69 Å². The van der Waals surface area contributed by atoms with Gasteiger partial charge in [-0.2, -0.15) is 5.10 Å². The van der Waals surface area contributed by atoms with E-state index in [4.69, 9.17) is 0 Å². The van der Waals surface area contributed by atoms with Crippen LogP contribution in [0.3, 0.4) is 0 Å². The third-order valence-electron chi connectivity index (χ3n) is 3.20. The minimum Gasteiger partial charge on any atom is -0.381 e. The molecule has 1 unspecified atom stereocenters. The van der Waals surface area contributed by atoms with Gasteiger partial charge in [0.25, 0.3) is 0 Å². The van der Waals surface area contributed by atoms with Crippen LogP contribution in [0.1, 0.15) is 24.2 Å². The van der Waals surface area contributed by atoms with Crippen molar-refractivity contribution in [2.75, 3.05) is 18.4 Å². The number of anilines is 1. The molecule has 1 aliphatic rings. The van der Waals surface area contributed by atoms with Gasteiger partial charge in [-0.1, -0.05) is 0 Å². The third-order valence-corrected chi connectivity index (χ3v) is 3.20. The summed E-state index contributed by atoms with van der Waals surface area (Å²) in [5.41, 5.74) is 3.50. The summed E-state index contributed by atoms with van der Waals surface area (Å²) in [5, 5.41) is 11.4. The number of aromatic nitrogens is 2. The highest BCUT2D eigenvalue weighted by atomic mass is 15.3. The quantitative estimate of drug-likeness (QED) is 0.784. The van der Waals surface area contributed by atoms with Gasteiger partial charge in [-0.25, -0.2) is 0 Å². The second kappa shape index (κ2) is 4.23. The maximum absolute atomic E-state index is 4.39. The summed E-state index contributed by atoms with van der Waals surface area (Å²) in [5.74, 6) is 0. The van der Waals surface area contributed by atoms with Crippen LogP contribution >= 0.6 is 0 Å². The molecule has 2 N–H and O–H groups in total. The molecule has 84 valence electrons. The van der Waals surface area contributed by atoms with Gasteiger partial charge >= 0.3 is 0 Å². The molecule has 1 aliphatic heterocycles. The molecule has 0 aromatic carbocycles. The Morgan fingerprint density at radius 2 is 2.33 bits per heavy atom. The first-order chi connectivity index (χ1) is 7.18. The molecule has 15 heavy (non-hydrogen) atoms. The molecule has 0 saturated carbocycles. The molecule has 2 rings (SSSR count). The summed E-state index contributed by atoms with van der Waals surface area (Å²) in [6, 6.07) is 0.629. The number of nitrogens with zero attached hydrogens (tertiary/aromatic N) is 2. The van der Waals surface area contributed by atoms with E-state index in [1.54, 1.807) is 0 Å². The zero-order valence-corrected chi connectivity index (χ0v) is 9.80. The van der Waals surface area contributed by atoms with Crippen molar-refractivity contribution in [2.24, 2.45) is 7.05 Å². The van der Waals surface area contributed by atoms with Gasteiger partial charge in [-0.15, -0.1) is 0 Å². The minimum absolute atomic E-state index is 0.629. The molecule has 1 saturated heterocycles. The van der Waals surface area contributed by atoms with Crippen LogP contribution in [0.25, 0.3) is 0 Å². The monoisotopic (exact) mass is 208 g/mol. The molecule has 0 aliphatic carbocycles. The molecule has 1 fully saturated rings. The second-order valence-electron chi connectivity index (χ2n) is 4.34. The molecule has 0 spiro atoms. The van der Waals surface area contributed by atoms with Gasteiger partial charge in [0, 0.05) is 19.6 Å². The lowest BCUT2D eigenvalue weighted by Gasteiger charge is -2.12. The fraction of sp³-hybridized carbons (Fsp3) is 0.727. The van der Waals surface area contributed by atoms with Crippen LogP contribution in [-0.4, -0.2) is 28.9 Å². The Morgan fingerprint density at radius 3 is 2.87 bits per heavy atom. The summed E-state index contributed by atoms with van der Waals surface area (Å²) in [6.07, 6.45) is 2.59. The predicted molar refractivity (Wildman–Crippen MR) is 62.2 cm³/mol. The van der Waals surface area contributed by atoms with E-state index in [-0.39, 0.29) is 0 Å². The van der Waals surface area contributed by atoms with Crippen molar-refractivity contribution in [1.29, 1.82) is 0 Å². The minimum atomic E-state index is 0.629. The Bertz CT molecular complexity index is 337. The van der Waals surface area contributed by atoms with Crippen molar-refractivity contribution in [1.82, 2.24) is 15.1 Å².